The van der Waals surface area contributed by atoms with Gasteiger partial charge in [-0.1, -0.05) is 158 Å². The van der Waals surface area contributed by atoms with Crippen LogP contribution in [0.5, 0.6) is 0 Å². The van der Waals surface area contributed by atoms with E-state index in [1.165, 1.54) is 64.1 Å². The minimum Gasteiger partial charge on any atom is -0.456 e. The molecule has 5 heteroatoms. The molecule has 0 bridgehead atoms. The normalized spacial score (nSPS) is 14.7. The Hall–Kier alpha value is -9.32. The van der Waals surface area contributed by atoms with Gasteiger partial charge in [-0.05, 0) is 200 Å². The fourth-order valence-electron chi connectivity index (χ4n) is 11.8. The van der Waals surface area contributed by atoms with E-state index in [1.807, 2.05) is 24.3 Å². The van der Waals surface area contributed by atoms with Gasteiger partial charge in [-0.25, -0.2) is 8.78 Å². The van der Waals surface area contributed by atoms with Gasteiger partial charge in [0.2, 0.25) is 0 Å². The minimum absolute atomic E-state index is 0.270. The summed E-state index contributed by atoms with van der Waals surface area (Å²) in [6.07, 6.45) is 1.81. The summed E-state index contributed by atoms with van der Waals surface area (Å²) >= 11 is 0. The van der Waals surface area contributed by atoms with Crippen molar-refractivity contribution in [3.63, 3.8) is 0 Å². The quantitative estimate of drug-likeness (QED) is 0.132. The Bertz CT molecular complexity index is 4110. The lowest BCUT2D eigenvalue weighted by molar-refractivity contribution is 0.625. The van der Waals surface area contributed by atoms with Crippen molar-refractivity contribution in [3.05, 3.63) is 289 Å². The summed E-state index contributed by atoms with van der Waals surface area (Å²) in [5.41, 5.74) is 22.4. The molecule has 14 rings (SSSR count). The lowest BCUT2D eigenvalue weighted by Crippen LogP contribution is -2.14. The highest BCUT2D eigenvalue weighted by Gasteiger charge is 2.45. The maximum atomic E-state index is 14.5. The van der Waals surface area contributed by atoms with E-state index in [1.54, 1.807) is 18.2 Å². The first-order valence-electron chi connectivity index (χ1n) is 26.2. The number of halogens is 2. The van der Waals surface area contributed by atoms with E-state index in [9.17, 15) is 8.78 Å². The average Bonchev–Trinajstić information content (AvgIpc) is 4.21. The van der Waals surface area contributed by atoms with E-state index in [0.717, 1.165) is 83.5 Å². The highest BCUT2D eigenvalue weighted by Crippen LogP contribution is 2.62. The number of benzene rings is 11. The lowest BCUT2D eigenvalue weighted by Gasteiger charge is -2.26. The lowest BCUT2D eigenvalue weighted by atomic mass is 9.84. The van der Waals surface area contributed by atoms with E-state index >= 15 is 0 Å². The van der Waals surface area contributed by atoms with Crippen LogP contribution < -0.4 is 10.2 Å². The van der Waals surface area contributed by atoms with Crippen LogP contribution in [0.3, 0.4) is 0 Å². The summed E-state index contributed by atoms with van der Waals surface area (Å²) in [7, 11) is 0. The van der Waals surface area contributed by atoms with Crippen LogP contribution >= 0.6 is 0 Å². The van der Waals surface area contributed by atoms with Crippen molar-refractivity contribution in [1.82, 2.24) is 0 Å². The molecule has 1 aromatic heterocycles. The molecule has 1 saturated carbocycles. The van der Waals surface area contributed by atoms with Crippen LogP contribution in [0.25, 0.3) is 77.6 Å². The first kappa shape index (κ1) is 45.3. The van der Waals surface area contributed by atoms with Gasteiger partial charge < -0.3 is 14.6 Å². The number of rotatable bonds is 12. The zero-order chi connectivity index (χ0) is 50.7. The third kappa shape index (κ3) is 8.50. The Balaban J connectivity index is 0.724. The molecule has 0 radical (unpaired) electrons. The first-order valence-corrected chi connectivity index (χ1v) is 26.2. The molecular weight excluding hydrogens is 935 g/mol. The maximum absolute atomic E-state index is 14.5. The van der Waals surface area contributed by atoms with Crippen molar-refractivity contribution < 1.29 is 13.2 Å². The molecular formula is C71H50F2N2O. The molecule has 2 aliphatic carbocycles. The van der Waals surface area contributed by atoms with Crippen molar-refractivity contribution in [2.24, 2.45) is 0 Å². The summed E-state index contributed by atoms with van der Waals surface area (Å²) in [6.45, 7) is 0. The molecule has 12 aromatic rings. The Kier molecular flexibility index (Phi) is 11.2. The molecule has 76 heavy (non-hydrogen) atoms. The molecule has 3 atom stereocenters. The second kappa shape index (κ2) is 18.9. The largest absolute Gasteiger partial charge is 0.456 e. The molecule has 364 valence electrons. The molecule has 0 aliphatic heterocycles. The average molecular weight is 985 g/mol. The number of anilines is 4. The van der Waals surface area contributed by atoms with Crippen molar-refractivity contribution in [2.75, 3.05) is 10.2 Å². The second-order valence-corrected chi connectivity index (χ2v) is 20.3. The van der Waals surface area contributed by atoms with Gasteiger partial charge in [-0.15, -0.1) is 0 Å². The summed E-state index contributed by atoms with van der Waals surface area (Å²) in [4.78, 5) is 2.32. The van der Waals surface area contributed by atoms with Gasteiger partial charge in [0, 0.05) is 33.5 Å². The number of para-hydroxylation sites is 1. The number of hydrogen-bond acceptors (Lipinski definition) is 3. The summed E-state index contributed by atoms with van der Waals surface area (Å²) in [5.74, 6) is 0.738. The highest BCUT2D eigenvalue weighted by molar-refractivity contribution is 6.08. The monoisotopic (exact) mass is 984 g/mol. The standard InChI is InChI=1S/C71H50F2N2O/c72-54-31-19-45(20-32-54)39-68(74-56-12-7-11-55(73)43-56)63-17-8-18-70-71(63)67-42-53(30-38-69(67)76-70)51-10-6-9-50(40-51)48-23-21-46(22-24-48)47-25-33-58(34-26-47)75(57-13-2-1-3-14-57)59-35-27-49(28-36-59)52-29-37-62-64(41-52)60-15-4-5-16-61(60)65-44-66(62)65/h1-38,40-43,65-66,68,74H,39,44H2/t65?,66?,68-/m1/s1. The van der Waals surface area contributed by atoms with Crippen LogP contribution in [-0.2, 0) is 6.42 Å². The van der Waals surface area contributed by atoms with Crippen LogP contribution in [0.15, 0.2) is 259 Å². The van der Waals surface area contributed by atoms with Gasteiger partial charge >= 0.3 is 0 Å². The van der Waals surface area contributed by atoms with Crippen LogP contribution in [0, 0.1) is 11.6 Å². The molecule has 3 nitrogen and oxygen atoms in total. The van der Waals surface area contributed by atoms with Crippen LogP contribution in [0.1, 0.15) is 46.6 Å². The van der Waals surface area contributed by atoms with Gasteiger partial charge in [0.15, 0.2) is 0 Å². The van der Waals surface area contributed by atoms with Crippen LogP contribution in [0.4, 0.5) is 31.5 Å². The van der Waals surface area contributed by atoms with Crippen molar-refractivity contribution >= 4 is 44.7 Å². The Morgan fingerprint density at radius 3 is 1.71 bits per heavy atom. The Morgan fingerprint density at radius 1 is 0.421 bits per heavy atom. The maximum Gasteiger partial charge on any atom is 0.135 e. The highest BCUT2D eigenvalue weighted by atomic mass is 19.1. The molecule has 11 aromatic carbocycles. The predicted octanol–water partition coefficient (Wildman–Crippen LogP) is 19.6. The zero-order valence-electron chi connectivity index (χ0n) is 41.5. The number of furan rings is 1. The van der Waals surface area contributed by atoms with E-state index in [2.05, 4.69) is 198 Å². The third-order valence-electron chi connectivity index (χ3n) is 15.7. The van der Waals surface area contributed by atoms with Gasteiger partial charge in [0.05, 0.1) is 6.04 Å². The number of nitrogens with one attached hydrogen (secondary N) is 1. The minimum atomic E-state index is -0.320. The second-order valence-electron chi connectivity index (χ2n) is 20.3. The van der Waals surface area contributed by atoms with Gasteiger partial charge in [-0.3, -0.25) is 0 Å². The van der Waals surface area contributed by atoms with E-state index in [-0.39, 0.29) is 17.7 Å². The van der Waals surface area contributed by atoms with Crippen molar-refractivity contribution in [3.8, 4) is 55.6 Å². The zero-order valence-corrected chi connectivity index (χ0v) is 41.5. The van der Waals surface area contributed by atoms with E-state index < -0.39 is 0 Å². The number of nitrogens with zero attached hydrogens (tertiary/aromatic N) is 1. The Morgan fingerprint density at radius 2 is 0.987 bits per heavy atom. The van der Waals surface area contributed by atoms with Gasteiger partial charge in [-0.2, -0.15) is 0 Å². The van der Waals surface area contributed by atoms with Crippen molar-refractivity contribution in [2.45, 2.75) is 30.7 Å². The number of fused-ring (bicyclic) bond motifs is 9. The van der Waals surface area contributed by atoms with E-state index in [4.69, 9.17) is 4.42 Å². The molecule has 2 aliphatic rings. The fourth-order valence-corrected chi connectivity index (χ4v) is 11.8. The molecule has 1 heterocycles. The molecule has 0 spiro atoms. The fraction of sp³-hybridized carbons (Fsp3) is 0.0704. The molecule has 0 saturated heterocycles. The Labute approximate surface area is 441 Å². The molecule has 1 fully saturated rings. The third-order valence-corrected chi connectivity index (χ3v) is 15.7. The van der Waals surface area contributed by atoms with Crippen LogP contribution in [0.2, 0.25) is 0 Å². The van der Waals surface area contributed by atoms with Gasteiger partial charge in [0.1, 0.15) is 22.8 Å². The molecule has 2 unspecified atom stereocenters. The summed E-state index contributed by atoms with van der Waals surface area (Å²) in [6, 6.07) is 87.3. The smallest absolute Gasteiger partial charge is 0.135 e. The predicted molar refractivity (Wildman–Crippen MR) is 309 cm³/mol. The molecule has 0 amide bonds. The summed E-state index contributed by atoms with van der Waals surface area (Å²) in [5, 5.41) is 5.56. The van der Waals surface area contributed by atoms with Crippen molar-refractivity contribution in [1.29, 1.82) is 0 Å². The molecule has 1 N–H and O–H groups in total. The topological polar surface area (TPSA) is 28.4 Å². The summed E-state index contributed by atoms with van der Waals surface area (Å²) < 4.78 is 34.9. The van der Waals surface area contributed by atoms with Gasteiger partial charge in [0.25, 0.3) is 0 Å². The SMILES string of the molecule is Fc1ccc(C[C@@H](Nc2cccc(F)c2)c2cccc3oc4ccc(-c5cccc(-c6ccc(-c7ccc(N(c8ccccc8)c8ccc(-c9ccc%10c(c9)-c9ccccc9C9CC%109)cc8)cc7)cc6)c5)cc4c23)cc1. The van der Waals surface area contributed by atoms with Crippen LogP contribution in [-0.4, -0.2) is 0 Å². The van der Waals surface area contributed by atoms with E-state index in [0.29, 0.717) is 23.9 Å². The number of hydrogen-bond donors (Lipinski definition) is 1. The first-order chi connectivity index (χ1) is 37.4.